The van der Waals surface area contributed by atoms with Gasteiger partial charge in [0.15, 0.2) is 0 Å². The van der Waals surface area contributed by atoms with Crippen molar-refractivity contribution in [2.75, 3.05) is 11.9 Å². The first-order chi connectivity index (χ1) is 13.6. The average Bonchev–Trinajstić information content (AvgIpc) is 2.71. The van der Waals surface area contributed by atoms with Gasteiger partial charge in [0, 0.05) is 35.6 Å². The Kier molecular flexibility index (Phi) is 6.76. The molecular weight excluding hydrogens is 374 g/mol. The molecule has 0 spiro atoms. The molecule has 0 aliphatic rings. The maximum atomic E-state index is 12.2. The van der Waals surface area contributed by atoms with Gasteiger partial charge in [-0.1, -0.05) is 48.0 Å². The van der Waals surface area contributed by atoms with E-state index >= 15 is 0 Å². The van der Waals surface area contributed by atoms with Crippen LogP contribution in [0.5, 0.6) is 0 Å². The normalized spacial score (nSPS) is 10.9. The molecule has 2 N–H and O–H groups in total. The highest BCUT2D eigenvalue weighted by Gasteiger charge is 2.06. The van der Waals surface area contributed by atoms with Gasteiger partial charge in [0.2, 0.25) is 11.8 Å². The Morgan fingerprint density at radius 3 is 2.71 bits per heavy atom. The van der Waals surface area contributed by atoms with E-state index in [0.717, 1.165) is 16.5 Å². The van der Waals surface area contributed by atoms with Crippen molar-refractivity contribution < 1.29 is 9.59 Å². The highest BCUT2D eigenvalue weighted by atomic mass is 35.5. The van der Waals surface area contributed by atoms with Gasteiger partial charge in [-0.15, -0.1) is 0 Å². The number of rotatable bonds is 7. The van der Waals surface area contributed by atoms with Crippen LogP contribution in [-0.4, -0.2) is 23.3 Å². The lowest BCUT2D eigenvalue weighted by Gasteiger charge is -2.08. The van der Waals surface area contributed by atoms with Crippen LogP contribution in [0.15, 0.2) is 66.9 Å². The third-order valence-corrected chi connectivity index (χ3v) is 4.45. The summed E-state index contributed by atoms with van der Waals surface area (Å²) >= 11 is 6.04. The van der Waals surface area contributed by atoms with Crippen LogP contribution in [-0.2, 0) is 9.59 Å². The lowest BCUT2D eigenvalue weighted by molar-refractivity contribution is -0.118. The number of anilines is 1. The first-order valence-corrected chi connectivity index (χ1v) is 9.35. The van der Waals surface area contributed by atoms with Crippen molar-refractivity contribution >= 4 is 46.1 Å². The highest BCUT2D eigenvalue weighted by molar-refractivity contribution is 6.32. The van der Waals surface area contributed by atoms with Crippen LogP contribution >= 0.6 is 11.6 Å². The number of nitrogens with one attached hydrogen (secondary N) is 2. The smallest absolute Gasteiger partial charge is 0.244 e. The van der Waals surface area contributed by atoms with Gasteiger partial charge in [0.05, 0.1) is 11.2 Å². The molecule has 2 aromatic carbocycles. The third kappa shape index (κ3) is 5.41. The Hall–Kier alpha value is -3.18. The monoisotopic (exact) mass is 393 g/mol. The first-order valence-electron chi connectivity index (χ1n) is 8.97. The van der Waals surface area contributed by atoms with E-state index in [-0.39, 0.29) is 11.8 Å². The number of halogens is 1. The molecule has 6 heteroatoms. The zero-order valence-corrected chi connectivity index (χ0v) is 15.9. The van der Waals surface area contributed by atoms with Gasteiger partial charge in [0.25, 0.3) is 0 Å². The largest absolute Gasteiger partial charge is 0.353 e. The number of benzene rings is 2. The molecule has 5 nitrogen and oxygen atoms in total. The van der Waals surface area contributed by atoms with Crippen molar-refractivity contribution in [3.8, 4) is 0 Å². The Bertz CT molecular complexity index is 1010. The molecule has 0 aliphatic carbocycles. The van der Waals surface area contributed by atoms with E-state index in [1.54, 1.807) is 18.3 Å². The standard InChI is InChI=1S/C22H20ClN3O2/c23-18-9-2-1-6-16(18)12-13-20(27)24-14-5-11-21(28)26-19-10-3-7-17-8-4-15-25-22(17)19/h1-4,6-10,12-13,15H,5,11,14H2,(H,24,27)(H,26,28)/b13-12+. The van der Waals surface area contributed by atoms with Gasteiger partial charge in [-0.05, 0) is 36.3 Å². The van der Waals surface area contributed by atoms with Crippen LogP contribution in [0.2, 0.25) is 5.02 Å². The van der Waals surface area contributed by atoms with Crippen LogP contribution < -0.4 is 10.6 Å². The molecule has 3 rings (SSSR count). The summed E-state index contributed by atoms with van der Waals surface area (Å²) in [5, 5.41) is 7.20. The molecule has 3 aromatic rings. The van der Waals surface area contributed by atoms with Crippen molar-refractivity contribution in [2.45, 2.75) is 12.8 Å². The lowest BCUT2D eigenvalue weighted by Crippen LogP contribution is -2.23. The minimum atomic E-state index is -0.224. The fourth-order valence-corrected chi connectivity index (χ4v) is 2.91. The SMILES string of the molecule is O=C(/C=C/c1ccccc1Cl)NCCCC(=O)Nc1cccc2cccnc12. The average molecular weight is 394 g/mol. The molecule has 0 atom stereocenters. The van der Waals surface area contributed by atoms with Gasteiger partial charge in [-0.25, -0.2) is 0 Å². The fourth-order valence-electron chi connectivity index (χ4n) is 2.71. The molecule has 28 heavy (non-hydrogen) atoms. The van der Waals surface area contributed by atoms with Gasteiger partial charge in [-0.3, -0.25) is 14.6 Å². The van der Waals surface area contributed by atoms with E-state index < -0.39 is 0 Å². The number of hydrogen-bond donors (Lipinski definition) is 2. The van der Waals surface area contributed by atoms with Crippen LogP contribution in [0.1, 0.15) is 18.4 Å². The molecule has 142 valence electrons. The Labute approximate surface area is 168 Å². The summed E-state index contributed by atoms with van der Waals surface area (Å²) in [7, 11) is 0. The number of amides is 2. The van der Waals surface area contributed by atoms with Crippen molar-refractivity contribution in [1.82, 2.24) is 10.3 Å². The van der Waals surface area contributed by atoms with Gasteiger partial charge in [0.1, 0.15) is 0 Å². The third-order valence-electron chi connectivity index (χ3n) is 4.11. The summed E-state index contributed by atoms with van der Waals surface area (Å²) in [6, 6.07) is 16.7. The molecule has 0 bridgehead atoms. The second-order valence-electron chi connectivity index (χ2n) is 6.18. The molecule has 0 radical (unpaired) electrons. The quantitative estimate of drug-likeness (QED) is 0.460. The zero-order chi connectivity index (χ0) is 19.8. The van der Waals surface area contributed by atoms with Gasteiger partial charge in [-0.2, -0.15) is 0 Å². The fraction of sp³-hybridized carbons (Fsp3) is 0.136. The molecule has 0 aliphatic heterocycles. The topological polar surface area (TPSA) is 71.1 Å². The minimum absolute atomic E-state index is 0.112. The van der Waals surface area contributed by atoms with E-state index in [9.17, 15) is 9.59 Å². The number of para-hydroxylation sites is 1. The van der Waals surface area contributed by atoms with Crippen LogP contribution in [0.25, 0.3) is 17.0 Å². The van der Waals surface area contributed by atoms with E-state index in [4.69, 9.17) is 11.6 Å². The summed E-state index contributed by atoms with van der Waals surface area (Å²) < 4.78 is 0. The van der Waals surface area contributed by atoms with Crippen molar-refractivity contribution in [3.63, 3.8) is 0 Å². The number of carbonyl (C=O) groups is 2. The first kappa shape index (κ1) is 19.6. The molecule has 0 fully saturated rings. The lowest BCUT2D eigenvalue weighted by atomic mass is 10.2. The summed E-state index contributed by atoms with van der Waals surface area (Å²) in [5.74, 6) is -0.336. The number of aromatic nitrogens is 1. The summed E-state index contributed by atoms with van der Waals surface area (Å²) in [6.07, 6.45) is 5.64. The van der Waals surface area contributed by atoms with E-state index in [2.05, 4.69) is 15.6 Å². The molecule has 1 aromatic heterocycles. The molecule has 0 saturated heterocycles. The molecule has 0 saturated carbocycles. The summed E-state index contributed by atoms with van der Waals surface area (Å²) in [5.41, 5.74) is 2.23. The summed E-state index contributed by atoms with van der Waals surface area (Å²) in [4.78, 5) is 28.3. The molecule has 0 unspecified atom stereocenters. The van der Waals surface area contributed by atoms with Crippen LogP contribution in [0.3, 0.4) is 0 Å². The van der Waals surface area contributed by atoms with Crippen molar-refractivity contribution in [3.05, 3.63) is 77.5 Å². The molecule has 1 heterocycles. The summed E-state index contributed by atoms with van der Waals surface area (Å²) in [6.45, 7) is 0.410. The van der Waals surface area contributed by atoms with E-state index in [1.807, 2.05) is 48.5 Å². The molecular formula is C22H20ClN3O2. The van der Waals surface area contributed by atoms with E-state index in [0.29, 0.717) is 30.1 Å². The molecule has 2 amide bonds. The van der Waals surface area contributed by atoms with Crippen molar-refractivity contribution in [1.29, 1.82) is 0 Å². The number of pyridine rings is 1. The van der Waals surface area contributed by atoms with Crippen LogP contribution in [0, 0.1) is 0 Å². The second-order valence-corrected chi connectivity index (χ2v) is 6.59. The highest BCUT2D eigenvalue weighted by Crippen LogP contribution is 2.20. The predicted octanol–water partition coefficient (Wildman–Crippen LogP) is 4.44. The Balaban J connectivity index is 1.43. The Morgan fingerprint density at radius 2 is 1.86 bits per heavy atom. The van der Waals surface area contributed by atoms with Crippen molar-refractivity contribution in [2.24, 2.45) is 0 Å². The van der Waals surface area contributed by atoms with E-state index in [1.165, 1.54) is 6.08 Å². The minimum Gasteiger partial charge on any atom is -0.353 e. The number of carbonyl (C=O) groups excluding carboxylic acids is 2. The second kappa shape index (κ2) is 9.67. The number of fused-ring (bicyclic) bond motifs is 1. The zero-order valence-electron chi connectivity index (χ0n) is 15.2. The number of hydrogen-bond acceptors (Lipinski definition) is 3. The maximum absolute atomic E-state index is 12.2. The Morgan fingerprint density at radius 1 is 1.04 bits per heavy atom. The van der Waals surface area contributed by atoms with Gasteiger partial charge < -0.3 is 10.6 Å². The maximum Gasteiger partial charge on any atom is 0.244 e. The van der Waals surface area contributed by atoms with Crippen LogP contribution in [0.4, 0.5) is 5.69 Å². The predicted molar refractivity (Wildman–Crippen MR) is 113 cm³/mol. The van der Waals surface area contributed by atoms with Gasteiger partial charge >= 0.3 is 0 Å². The number of nitrogens with zero attached hydrogens (tertiary/aromatic N) is 1.